The Morgan fingerprint density at radius 3 is 2.37 bits per heavy atom. The SMILES string of the molecule is Cc1ccc(OC(=O)Cc2ccc(Cl)c(Cl)c2)cc1. The third-order valence-corrected chi connectivity index (χ3v) is 3.32. The van der Waals surface area contributed by atoms with E-state index in [1.807, 2.05) is 19.1 Å². The third-order valence-electron chi connectivity index (χ3n) is 2.59. The minimum Gasteiger partial charge on any atom is -0.426 e. The quantitative estimate of drug-likeness (QED) is 0.617. The van der Waals surface area contributed by atoms with E-state index in [9.17, 15) is 4.79 Å². The van der Waals surface area contributed by atoms with E-state index in [1.54, 1.807) is 30.3 Å². The van der Waals surface area contributed by atoms with E-state index in [-0.39, 0.29) is 12.4 Å². The Morgan fingerprint density at radius 2 is 1.74 bits per heavy atom. The Hall–Kier alpha value is -1.51. The molecule has 2 nitrogen and oxygen atoms in total. The topological polar surface area (TPSA) is 26.3 Å². The molecule has 0 fully saturated rings. The molecule has 19 heavy (non-hydrogen) atoms. The Kier molecular flexibility index (Phi) is 4.46. The predicted molar refractivity (Wildman–Crippen MR) is 77.0 cm³/mol. The van der Waals surface area contributed by atoms with Gasteiger partial charge in [0.25, 0.3) is 0 Å². The second-order valence-corrected chi connectivity index (χ2v) is 5.03. The number of hydrogen-bond donors (Lipinski definition) is 0. The number of ether oxygens (including phenoxy) is 1. The minimum absolute atomic E-state index is 0.158. The molecule has 0 heterocycles. The summed E-state index contributed by atoms with van der Waals surface area (Å²) in [6.45, 7) is 1.97. The van der Waals surface area contributed by atoms with Gasteiger partial charge in [-0.25, -0.2) is 0 Å². The van der Waals surface area contributed by atoms with Crippen LogP contribution in [-0.2, 0) is 11.2 Å². The maximum Gasteiger partial charge on any atom is 0.315 e. The molecule has 0 aromatic heterocycles. The largest absolute Gasteiger partial charge is 0.426 e. The molecule has 98 valence electrons. The summed E-state index contributed by atoms with van der Waals surface area (Å²) in [5, 5.41) is 0.902. The fourth-order valence-electron chi connectivity index (χ4n) is 1.59. The zero-order valence-corrected chi connectivity index (χ0v) is 11.8. The number of rotatable bonds is 3. The highest BCUT2D eigenvalue weighted by Crippen LogP contribution is 2.23. The van der Waals surface area contributed by atoms with Crippen LogP contribution in [0.25, 0.3) is 0 Å². The molecule has 0 aliphatic carbocycles. The molecular formula is C15H12Cl2O2. The lowest BCUT2D eigenvalue weighted by atomic mass is 10.1. The molecule has 2 rings (SSSR count). The van der Waals surface area contributed by atoms with Crippen molar-refractivity contribution in [2.45, 2.75) is 13.3 Å². The second-order valence-electron chi connectivity index (χ2n) is 4.21. The van der Waals surface area contributed by atoms with Crippen molar-refractivity contribution < 1.29 is 9.53 Å². The molecule has 2 aromatic carbocycles. The average molecular weight is 295 g/mol. The fourth-order valence-corrected chi connectivity index (χ4v) is 1.91. The summed E-state index contributed by atoms with van der Waals surface area (Å²) in [5.41, 5.74) is 1.88. The highest BCUT2D eigenvalue weighted by atomic mass is 35.5. The zero-order chi connectivity index (χ0) is 13.8. The molecule has 0 saturated heterocycles. The van der Waals surface area contributed by atoms with Crippen molar-refractivity contribution in [1.29, 1.82) is 0 Å². The van der Waals surface area contributed by atoms with E-state index in [0.717, 1.165) is 11.1 Å². The fraction of sp³-hybridized carbons (Fsp3) is 0.133. The molecule has 2 aromatic rings. The first-order valence-electron chi connectivity index (χ1n) is 5.76. The lowest BCUT2D eigenvalue weighted by Crippen LogP contribution is -2.11. The smallest absolute Gasteiger partial charge is 0.315 e. The van der Waals surface area contributed by atoms with Gasteiger partial charge in [-0.05, 0) is 36.8 Å². The number of benzene rings is 2. The highest BCUT2D eigenvalue weighted by Gasteiger charge is 2.08. The van der Waals surface area contributed by atoms with Gasteiger partial charge in [0.05, 0.1) is 16.5 Å². The summed E-state index contributed by atoms with van der Waals surface area (Å²) in [5.74, 6) is 0.206. The number of halogens is 2. The van der Waals surface area contributed by atoms with E-state index in [0.29, 0.717) is 15.8 Å². The van der Waals surface area contributed by atoms with Gasteiger partial charge < -0.3 is 4.74 Å². The molecule has 0 bridgehead atoms. The molecule has 0 spiro atoms. The summed E-state index contributed by atoms with van der Waals surface area (Å²) in [6, 6.07) is 12.4. The Morgan fingerprint density at radius 1 is 1.05 bits per heavy atom. The van der Waals surface area contributed by atoms with Gasteiger partial charge in [-0.2, -0.15) is 0 Å². The van der Waals surface area contributed by atoms with Gasteiger partial charge in [0.1, 0.15) is 5.75 Å². The van der Waals surface area contributed by atoms with Gasteiger partial charge in [-0.15, -0.1) is 0 Å². The molecule has 0 N–H and O–H groups in total. The van der Waals surface area contributed by atoms with E-state index < -0.39 is 0 Å². The average Bonchev–Trinajstić information content (AvgIpc) is 2.37. The van der Waals surface area contributed by atoms with Crippen LogP contribution in [0.1, 0.15) is 11.1 Å². The predicted octanol–water partition coefficient (Wildman–Crippen LogP) is 4.45. The standard InChI is InChI=1S/C15H12Cl2O2/c1-10-2-5-12(6-3-10)19-15(18)9-11-4-7-13(16)14(17)8-11/h2-8H,9H2,1H3. The van der Waals surface area contributed by atoms with E-state index >= 15 is 0 Å². The van der Waals surface area contributed by atoms with Gasteiger partial charge in [0, 0.05) is 0 Å². The molecule has 0 aliphatic rings. The van der Waals surface area contributed by atoms with Crippen molar-refractivity contribution >= 4 is 29.2 Å². The number of carbonyl (C=O) groups is 1. The molecule has 0 atom stereocenters. The van der Waals surface area contributed by atoms with Crippen LogP contribution in [0, 0.1) is 6.92 Å². The van der Waals surface area contributed by atoms with Crippen LogP contribution in [0.5, 0.6) is 5.75 Å². The molecule has 0 saturated carbocycles. The van der Waals surface area contributed by atoms with Crippen LogP contribution in [0.15, 0.2) is 42.5 Å². The number of aryl methyl sites for hydroxylation is 1. The third kappa shape index (κ3) is 3.98. The van der Waals surface area contributed by atoms with Gasteiger partial charge >= 0.3 is 5.97 Å². The lowest BCUT2D eigenvalue weighted by Gasteiger charge is -2.05. The van der Waals surface area contributed by atoms with E-state index in [4.69, 9.17) is 27.9 Å². The highest BCUT2D eigenvalue weighted by molar-refractivity contribution is 6.42. The van der Waals surface area contributed by atoms with Crippen molar-refractivity contribution in [3.05, 3.63) is 63.6 Å². The van der Waals surface area contributed by atoms with E-state index in [2.05, 4.69) is 0 Å². The van der Waals surface area contributed by atoms with Crippen molar-refractivity contribution in [2.24, 2.45) is 0 Å². The van der Waals surface area contributed by atoms with E-state index in [1.165, 1.54) is 0 Å². The monoisotopic (exact) mass is 294 g/mol. The van der Waals surface area contributed by atoms with Gasteiger partial charge in [-0.3, -0.25) is 4.79 Å². The van der Waals surface area contributed by atoms with Gasteiger partial charge in [0.15, 0.2) is 0 Å². The normalized spacial score (nSPS) is 10.3. The number of carbonyl (C=O) groups excluding carboxylic acids is 1. The van der Waals surface area contributed by atoms with Crippen LogP contribution in [0.4, 0.5) is 0 Å². The molecule has 0 aliphatic heterocycles. The van der Waals surface area contributed by atoms with Crippen LogP contribution >= 0.6 is 23.2 Å². The molecule has 0 radical (unpaired) electrons. The summed E-state index contributed by atoms with van der Waals surface area (Å²) < 4.78 is 5.23. The van der Waals surface area contributed by atoms with Crippen molar-refractivity contribution in [2.75, 3.05) is 0 Å². The second kappa shape index (κ2) is 6.09. The first-order chi connectivity index (χ1) is 9.04. The molecule has 0 unspecified atom stereocenters. The summed E-state index contributed by atoms with van der Waals surface area (Å²) in [7, 11) is 0. The summed E-state index contributed by atoms with van der Waals surface area (Å²) in [6.07, 6.45) is 0.158. The lowest BCUT2D eigenvalue weighted by molar-refractivity contribution is -0.133. The Bertz CT molecular complexity index is 592. The van der Waals surface area contributed by atoms with Gasteiger partial charge in [-0.1, -0.05) is 47.0 Å². The number of hydrogen-bond acceptors (Lipinski definition) is 2. The Balaban J connectivity index is 2.01. The maximum absolute atomic E-state index is 11.8. The van der Waals surface area contributed by atoms with Crippen molar-refractivity contribution in [3.8, 4) is 5.75 Å². The van der Waals surface area contributed by atoms with Crippen molar-refractivity contribution in [3.63, 3.8) is 0 Å². The number of esters is 1. The first-order valence-corrected chi connectivity index (χ1v) is 6.51. The summed E-state index contributed by atoms with van der Waals surface area (Å²) >= 11 is 11.7. The van der Waals surface area contributed by atoms with Crippen LogP contribution < -0.4 is 4.74 Å². The zero-order valence-electron chi connectivity index (χ0n) is 10.3. The van der Waals surface area contributed by atoms with Gasteiger partial charge in [0.2, 0.25) is 0 Å². The first kappa shape index (κ1) is 13.9. The molecular weight excluding hydrogens is 283 g/mol. The molecule has 4 heteroatoms. The minimum atomic E-state index is -0.331. The van der Waals surface area contributed by atoms with Crippen LogP contribution in [0.3, 0.4) is 0 Å². The summed E-state index contributed by atoms with van der Waals surface area (Å²) in [4.78, 5) is 11.8. The van der Waals surface area contributed by atoms with Crippen LogP contribution in [-0.4, -0.2) is 5.97 Å². The Labute approximate surface area is 121 Å². The maximum atomic E-state index is 11.8. The van der Waals surface area contributed by atoms with Crippen LogP contribution in [0.2, 0.25) is 10.0 Å². The molecule has 0 amide bonds. The van der Waals surface area contributed by atoms with Crippen molar-refractivity contribution in [1.82, 2.24) is 0 Å².